The molecule has 2 aromatic heterocycles. The minimum Gasteiger partial charge on any atom is -0.691 e. The lowest BCUT2D eigenvalue weighted by Gasteiger charge is -2.03. The quantitative estimate of drug-likeness (QED) is 0.358. The van der Waals surface area contributed by atoms with Gasteiger partial charge in [0, 0.05) is 14.1 Å². The fourth-order valence-electron chi connectivity index (χ4n) is 1.30. The third-order valence-corrected chi connectivity index (χ3v) is 2.15. The van der Waals surface area contributed by atoms with Crippen molar-refractivity contribution in [3.63, 3.8) is 0 Å². The van der Waals surface area contributed by atoms with Crippen LogP contribution in [0.3, 0.4) is 0 Å². The Morgan fingerprint density at radius 1 is 1.33 bits per heavy atom. The van der Waals surface area contributed by atoms with Crippen molar-refractivity contribution >= 4 is 11.0 Å². The fraction of sp³-hybridized carbons (Fsp3) is 0.286. The summed E-state index contributed by atoms with van der Waals surface area (Å²) in [5, 5.41) is 17.5. The van der Waals surface area contributed by atoms with E-state index in [1.54, 1.807) is 0 Å². The largest absolute Gasteiger partial charge is 0.691 e. The lowest BCUT2D eigenvalue weighted by atomic mass is 10.4. The van der Waals surface area contributed by atoms with Crippen LogP contribution in [-0.4, -0.2) is 19.4 Å². The summed E-state index contributed by atoms with van der Waals surface area (Å²) in [5.41, 5.74) is -0.929. The van der Waals surface area contributed by atoms with Gasteiger partial charge in [0.25, 0.3) is 5.52 Å². The van der Waals surface area contributed by atoms with E-state index >= 15 is 0 Å². The number of hydrogen-bond donors (Lipinski definition) is 0. The topological polar surface area (TPSA) is 96.7 Å². The molecule has 0 fully saturated rings. The zero-order valence-electron chi connectivity index (χ0n) is 8.04. The fourth-order valence-corrected chi connectivity index (χ4v) is 1.30. The first kappa shape index (κ1) is 9.31. The number of fused-ring (bicyclic) bond motifs is 1. The Labute approximate surface area is 82.6 Å². The van der Waals surface area contributed by atoms with E-state index in [9.17, 15) is 14.8 Å². The van der Waals surface area contributed by atoms with Gasteiger partial charge in [-0.1, -0.05) is 0 Å². The molecule has 0 atom stereocenters. The van der Waals surface area contributed by atoms with Gasteiger partial charge in [0.05, 0.1) is 5.10 Å². The van der Waals surface area contributed by atoms with Crippen LogP contribution in [0.15, 0.2) is 15.8 Å². The molecule has 0 aliphatic rings. The summed E-state index contributed by atoms with van der Waals surface area (Å²) in [7, 11) is 2.79. The third kappa shape index (κ3) is 1.18. The van der Waals surface area contributed by atoms with Gasteiger partial charge in [-0.25, -0.2) is 4.79 Å². The average Bonchev–Trinajstić information content (AvgIpc) is 2.23. The number of rotatable bonds is 0. The van der Waals surface area contributed by atoms with Gasteiger partial charge in [0.2, 0.25) is 0 Å². The molecule has 0 spiro atoms. The van der Waals surface area contributed by atoms with Crippen molar-refractivity contribution in [2.75, 3.05) is 0 Å². The van der Waals surface area contributed by atoms with E-state index in [0.717, 1.165) is 10.8 Å². The molecule has 0 saturated carbocycles. The van der Waals surface area contributed by atoms with Gasteiger partial charge in [0.1, 0.15) is 16.9 Å². The summed E-state index contributed by atoms with van der Waals surface area (Å²) in [5.74, 6) is 0. The van der Waals surface area contributed by atoms with Crippen molar-refractivity contribution in [1.82, 2.24) is 19.4 Å². The van der Waals surface area contributed by atoms with E-state index in [0.29, 0.717) is 0 Å². The van der Waals surface area contributed by atoms with E-state index in [-0.39, 0.29) is 15.9 Å². The molecule has 0 aromatic carbocycles. The zero-order valence-corrected chi connectivity index (χ0v) is 8.04. The van der Waals surface area contributed by atoms with Gasteiger partial charge in [-0.15, -0.1) is 4.85 Å². The van der Waals surface area contributed by atoms with Gasteiger partial charge < -0.3 is 5.21 Å². The van der Waals surface area contributed by atoms with Crippen LogP contribution in [0, 0.1) is 5.21 Å². The molecule has 8 nitrogen and oxygen atoms in total. The van der Waals surface area contributed by atoms with Crippen molar-refractivity contribution in [2.45, 2.75) is 0 Å². The molecular weight excluding hydrogens is 202 g/mol. The lowest BCUT2D eigenvalue weighted by molar-refractivity contribution is -0.673. The van der Waals surface area contributed by atoms with Crippen LogP contribution >= 0.6 is 0 Å². The summed E-state index contributed by atoms with van der Waals surface area (Å²) in [6, 6.07) is 0. The molecule has 8 heteroatoms. The van der Waals surface area contributed by atoms with Gasteiger partial charge >= 0.3 is 11.2 Å². The summed E-state index contributed by atoms with van der Waals surface area (Å²) >= 11 is 0. The summed E-state index contributed by atoms with van der Waals surface area (Å²) in [6.07, 6.45) is 1.03. The second-order valence-electron chi connectivity index (χ2n) is 3.06. The Morgan fingerprint density at radius 3 is 2.67 bits per heavy atom. The molecule has 0 aliphatic carbocycles. The predicted molar refractivity (Wildman–Crippen MR) is 49.0 cm³/mol. The normalized spacial score (nSPS) is 10.8. The van der Waals surface area contributed by atoms with Crippen molar-refractivity contribution in [2.24, 2.45) is 14.1 Å². The summed E-state index contributed by atoms with van der Waals surface area (Å²) < 4.78 is 2.08. The van der Waals surface area contributed by atoms with Crippen molar-refractivity contribution in [1.29, 1.82) is 0 Å². The Hall–Kier alpha value is -2.25. The molecule has 0 unspecified atom stereocenters. The Morgan fingerprint density at radius 2 is 2.00 bits per heavy atom. The number of hydrogen-bond acceptors (Lipinski definition) is 5. The molecule has 0 N–H and O–H groups in total. The first-order valence-corrected chi connectivity index (χ1v) is 4.05. The Balaban J connectivity index is 3.15. The summed E-state index contributed by atoms with van der Waals surface area (Å²) in [4.78, 5) is 23.2. The number of aromatic nitrogens is 5. The SMILES string of the molecule is Cn1c(=O)c2nn[n+]([O-])cc2n(C)c1=O. The minimum atomic E-state index is -0.568. The molecule has 15 heavy (non-hydrogen) atoms. The molecule has 2 heterocycles. The number of nitrogens with zero attached hydrogens (tertiary/aromatic N) is 5. The zero-order chi connectivity index (χ0) is 11.2. The molecule has 0 bridgehead atoms. The highest BCUT2D eigenvalue weighted by atomic mass is 16.5. The van der Waals surface area contributed by atoms with Crippen LogP contribution < -0.4 is 16.1 Å². The standard InChI is InChI=1S/C7H7N5O3/c1-10-4-3-12(15)9-8-5(4)6(13)11(2)7(10)14/h3H,1-2H3. The van der Waals surface area contributed by atoms with Crippen LogP contribution in [0.5, 0.6) is 0 Å². The molecule has 0 saturated heterocycles. The highest BCUT2D eigenvalue weighted by Crippen LogP contribution is 1.96. The van der Waals surface area contributed by atoms with Crippen LogP contribution in [0.25, 0.3) is 11.0 Å². The van der Waals surface area contributed by atoms with E-state index < -0.39 is 11.2 Å². The second-order valence-corrected chi connectivity index (χ2v) is 3.06. The molecule has 0 aliphatic heterocycles. The van der Waals surface area contributed by atoms with Crippen molar-refractivity contribution < 1.29 is 4.85 Å². The molecule has 0 radical (unpaired) electrons. The Bertz CT molecular complexity index is 656. The first-order chi connectivity index (χ1) is 7.02. The highest BCUT2D eigenvalue weighted by Gasteiger charge is 2.15. The van der Waals surface area contributed by atoms with Gasteiger partial charge in [-0.2, -0.15) is 0 Å². The van der Waals surface area contributed by atoms with Gasteiger partial charge in [-0.05, 0) is 0 Å². The molecule has 2 rings (SSSR count). The van der Waals surface area contributed by atoms with E-state index in [2.05, 4.69) is 10.3 Å². The maximum absolute atomic E-state index is 11.5. The minimum absolute atomic E-state index is 0.00769. The second kappa shape index (κ2) is 2.87. The van der Waals surface area contributed by atoms with Crippen LogP contribution in [0.1, 0.15) is 0 Å². The Kier molecular flexibility index (Phi) is 1.78. The number of aryl methyl sites for hydroxylation is 1. The van der Waals surface area contributed by atoms with Gasteiger partial charge in [-0.3, -0.25) is 13.9 Å². The average molecular weight is 209 g/mol. The van der Waals surface area contributed by atoms with E-state index in [1.807, 2.05) is 0 Å². The maximum atomic E-state index is 11.5. The van der Waals surface area contributed by atoms with Crippen LogP contribution in [-0.2, 0) is 14.1 Å². The summed E-state index contributed by atoms with van der Waals surface area (Å²) in [6.45, 7) is 0. The van der Waals surface area contributed by atoms with Crippen molar-refractivity contribution in [3.8, 4) is 0 Å². The monoisotopic (exact) mass is 209 g/mol. The highest BCUT2D eigenvalue weighted by molar-refractivity contribution is 5.70. The molecule has 78 valence electrons. The third-order valence-electron chi connectivity index (χ3n) is 2.15. The molecule has 2 aromatic rings. The van der Waals surface area contributed by atoms with Crippen LogP contribution in [0.4, 0.5) is 0 Å². The first-order valence-electron chi connectivity index (χ1n) is 4.05. The van der Waals surface area contributed by atoms with Gasteiger partial charge in [0.15, 0.2) is 0 Å². The maximum Gasteiger partial charge on any atom is 0.331 e. The smallest absolute Gasteiger partial charge is 0.331 e. The molecule has 0 amide bonds. The lowest BCUT2D eigenvalue weighted by Crippen LogP contribution is -2.40. The molecular formula is C7H7N5O3. The van der Waals surface area contributed by atoms with Crippen molar-refractivity contribution in [3.05, 3.63) is 32.2 Å². The van der Waals surface area contributed by atoms with E-state index in [4.69, 9.17) is 0 Å². The predicted octanol–water partition coefficient (Wildman–Crippen LogP) is -2.34. The van der Waals surface area contributed by atoms with E-state index in [1.165, 1.54) is 18.7 Å². The van der Waals surface area contributed by atoms with Crippen LogP contribution in [0.2, 0.25) is 0 Å².